The Morgan fingerprint density at radius 2 is 1.94 bits per heavy atom. The maximum atomic E-state index is 13.4. The van der Waals surface area contributed by atoms with E-state index in [1.165, 1.54) is 16.2 Å². The van der Waals surface area contributed by atoms with Crippen LogP contribution in [0.5, 0.6) is 0 Å². The van der Waals surface area contributed by atoms with Gasteiger partial charge in [-0.05, 0) is 73.5 Å². The number of carbonyl (C=O) groups excluding carboxylic acids is 2. The van der Waals surface area contributed by atoms with Gasteiger partial charge in [0.05, 0.1) is 16.6 Å². The molecule has 0 bridgehead atoms. The summed E-state index contributed by atoms with van der Waals surface area (Å²) in [6, 6.07) is 9.87. The number of nitriles is 1. The van der Waals surface area contributed by atoms with Crippen molar-refractivity contribution in [3.8, 4) is 6.07 Å². The minimum absolute atomic E-state index is 0.114. The van der Waals surface area contributed by atoms with Gasteiger partial charge in [-0.25, -0.2) is 4.79 Å². The lowest BCUT2D eigenvalue weighted by atomic mass is 9.70. The molecule has 0 radical (unpaired) electrons. The molecule has 3 aromatic rings. The molecule has 0 spiro atoms. The van der Waals surface area contributed by atoms with Gasteiger partial charge in [0.15, 0.2) is 6.61 Å². The lowest BCUT2D eigenvalue weighted by molar-refractivity contribution is -0.119. The number of pyridine rings is 1. The quantitative estimate of drug-likeness (QED) is 0.443. The third kappa shape index (κ3) is 4.62. The van der Waals surface area contributed by atoms with Gasteiger partial charge in [0, 0.05) is 16.0 Å². The van der Waals surface area contributed by atoms with Crippen LogP contribution in [0, 0.1) is 22.7 Å². The van der Waals surface area contributed by atoms with Crippen molar-refractivity contribution < 1.29 is 14.3 Å². The van der Waals surface area contributed by atoms with Crippen molar-refractivity contribution >= 4 is 39.1 Å². The third-order valence-electron chi connectivity index (χ3n) is 7.56. The first-order valence-corrected chi connectivity index (χ1v) is 13.5. The molecule has 2 aromatic heterocycles. The molecule has 1 amide bonds. The Morgan fingerprint density at radius 1 is 1.17 bits per heavy atom. The smallest absolute Gasteiger partial charge is 0.339 e. The second-order valence-electron chi connectivity index (χ2n) is 10.9. The van der Waals surface area contributed by atoms with Crippen LogP contribution >= 0.6 is 11.3 Å². The van der Waals surface area contributed by atoms with E-state index in [9.17, 15) is 14.9 Å². The number of ether oxygens (including phenoxy) is 1. The first kappa shape index (κ1) is 24.5. The van der Waals surface area contributed by atoms with Gasteiger partial charge in [0.1, 0.15) is 11.1 Å². The van der Waals surface area contributed by atoms with Crippen molar-refractivity contribution in [1.29, 1.82) is 5.26 Å². The SMILES string of the molecule is CC(C)(C)C1CCc2nc3ccccc3c(C(=O)OCC(=O)Nc3sc4c(c3C#N)CCCC4)c2C1. The van der Waals surface area contributed by atoms with E-state index in [2.05, 4.69) is 32.2 Å². The molecular weight excluding hydrogens is 470 g/mol. The van der Waals surface area contributed by atoms with Gasteiger partial charge in [-0.1, -0.05) is 39.0 Å². The van der Waals surface area contributed by atoms with E-state index < -0.39 is 18.5 Å². The standard InChI is InChI=1S/C29H31N3O3S/c1-29(2,3)17-12-13-23-20(14-17)26(19-9-4-6-10-22(19)31-23)28(34)35-16-25(33)32-27-21(15-30)18-8-5-7-11-24(18)36-27/h4,6,9-10,17H,5,7-8,11-14,16H2,1-3H3,(H,32,33). The van der Waals surface area contributed by atoms with Crippen LogP contribution in [0.4, 0.5) is 5.00 Å². The van der Waals surface area contributed by atoms with Crippen molar-refractivity contribution in [3.05, 3.63) is 57.1 Å². The van der Waals surface area contributed by atoms with Crippen molar-refractivity contribution in [3.63, 3.8) is 0 Å². The number of benzene rings is 1. The minimum atomic E-state index is -0.500. The fourth-order valence-corrected chi connectivity index (χ4v) is 6.75. The number of amides is 1. The van der Waals surface area contributed by atoms with Crippen molar-refractivity contribution in [2.24, 2.45) is 11.3 Å². The highest BCUT2D eigenvalue weighted by atomic mass is 32.1. The van der Waals surface area contributed by atoms with Crippen LogP contribution in [-0.2, 0) is 35.2 Å². The average Bonchev–Trinajstić information content (AvgIpc) is 3.21. The highest BCUT2D eigenvalue weighted by Gasteiger charge is 2.33. The van der Waals surface area contributed by atoms with Crippen LogP contribution in [0.15, 0.2) is 24.3 Å². The number of anilines is 1. The summed E-state index contributed by atoms with van der Waals surface area (Å²) in [7, 11) is 0. The number of hydrogen-bond donors (Lipinski definition) is 1. The first-order valence-electron chi connectivity index (χ1n) is 12.7. The number of fused-ring (bicyclic) bond motifs is 3. The second-order valence-corrected chi connectivity index (χ2v) is 12.0. The fourth-order valence-electron chi connectivity index (χ4n) is 5.50. The summed E-state index contributed by atoms with van der Waals surface area (Å²) in [6.07, 6.45) is 6.59. The van der Waals surface area contributed by atoms with Crippen LogP contribution in [0.2, 0.25) is 0 Å². The topological polar surface area (TPSA) is 92.1 Å². The van der Waals surface area contributed by atoms with Gasteiger partial charge in [-0.15, -0.1) is 11.3 Å². The van der Waals surface area contributed by atoms with Crippen molar-refractivity contribution in [2.75, 3.05) is 11.9 Å². The molecule has 1 aromatic carbocycles. The van der Waals surface area contributed by atoms with E-state index in [1.807, 2.05) is 24.3 Å². The Balaban J connectivity index is 1.38. The molecule has 1 unspecified atom stereocenters. The van der Waals surface area contributed by atoms with Crippen LogP contribution in [0.1, 0.15) is 77.7 Å². The van der Waals surface area contributed by atoms with Crippen LogP contribution in [-0.4, -0.2) is 23.5 Å². The highest BCUT2D eigenvalue weighted by Crippen LogP contribution is 2.40. The van der Waals surface area contributed by atoms with Crippen LogP contribution in [0.3, 0.4) is 0 Å². The van der Waals surface area contributed by atoms with Crippen molar-refractivity contribution in [2.45, 2.75) is 65.7 Å². The number of para-hydroxylation sites is 1. The summed E-state index contributed by atoms with van der Waals surface area (Å²) < 4.78 is 5.58. The van der Waals surface area contributed by atoms with E-state index in [-0.39, 0.29) is 5.41 Å². The van der Waals surface area contributed by atoms with E-state index in [4.69, 9.17) is 9.72 Å². The number of hydrogen-bond acceptors (Lipinski definition) is 6. The summed E-state index contributed by atoms with van der Waals surface area (Å²) in [5.41, 5.74) is 4.92. The molecule has 2 heterocycles. The third-order valence-corrected chi connectivity index (χ3v) is 8.77. The first-order chi connectivity index (χ1) is 17.3. The van der Waals surface area contributed by atoms with Crippen molar-refractivity contribution in [1.82, 2.24) is 4.98 Å². The van der Waals surface area contributed by atoms with Gasteiger partial charge >= 0.3 is 5.97 Å². The molecule has 0 saturated heterocycles. The van der Waals surface area contributed by atoms with Crippen LogP contribution < -0.4 is 5.32 Å². The van der Waals surface area contributed by atoms with Gasteiger partial charge in [0.25, 0.3) is 5.91 Å². The maximum absolute atomic E-state index is 13.4. The Labute approximate surface area is 215 Å². The molecule has 186 valence electrons. The molecule has 6 nitrogen and oxygen atoms in total. The fraction of sp³-hybridized carbons (Fsp3) is 0.448. The molecule has 0 aliphatic heterocycles. The molecular formula is C29H31N3O3S. The summed E-state index contributed by atoms with van der Waals surface area (Å²) in [4.78, 5) is 32.2. The van der Waals surface area contributed by atoms with E-state index >= 15 is 0 Å². The Kier molecular flexibility index (Phi) is 6.57. The maximum Gasteiger partial charge on any atom is 0.339 e. The van der Waals surface area contributed by atoms with Crippen LogP contribution in [0.25, 0.3) is 10.9 Å². The molecule has 5 rings (SSSR count). The average molecular weight is 502 g/mol. The molecule has 7 heteroatoms. The molecule has 0 fully saturated rings. The van der Waals surface area contributed by atoms with Gasteiger partial charge in [-0.3, -0.25) is 9.78 Å². The van der Waals surface area contributed by atoms with E-state index in [0.717, 1.165) is 72.7 Å². The van der Waals surface area contributed by atoms with E-state index in [0.29, 0.717) is 22.0 Å². The molecule has 1 N–H and O–H groups in total. The monoisotopic (exact) mass is 501 g/mol. The van der Waals surface area contributed by atoms with E-state index in [1.54, 1.807) is 0 Å². The Hall–Kier alpha value is -3.24. The number of esters is 1. The molecule has 36 heavy (non-hydrogen) atoms. The van der Waals surface area contributed by atoms with Gasteiger partial charge < -0.3 is 10.1 Å². The number of carbonyl (C=O) groups is 2. The zero-order chi connectivity index (χ0) is 25.4. The number of nitrogens with zero attached hydrogens (tertiary/aromatic N) is 2. The largest absolute Gasteiger partial charge is 0.452 e. The lowest BCUT2D eigenvalue weighted by Crippen LogP contribution is -2.29. The summed E-state index contributed by atoms with van der Waals surface area (Å²) >= 11 is 1.47. The summed E-state index contributed by atoms with van der Waals surface area (Å²) in [6.45, 7) is 6.30. The molecule has 0 saturated carbocycles. The molecule has 2 aliphatic carbocycles. The Morgan fingerprint density at radius 3 is 2.72 bits per heavy atom. The summed E-state index contributed by atoms with van der Waals surface area (Å²) in [5, 5.41) is 13.8. The zero-order valence-corrected chi connectivity index (χ0v) is 21.9. The second kappa shape index (κ2) is 9.67. The zero-order valence-electron chi connectivity index (χ0n) is 21.1. The highest BCUT2D eigenvalue weighted by molar-refractivity contribution is 7.16. The van der Waals surface area contributed by atoms with Gasteiger partial charge in [0.2, 0.25) is 0 Å². The number of nitrogens with one attached hydrogen (secondary N) is 1. The predicted molar refractivity (Wildman–Crippen MR) is 141 cm³/mol. The summed E-state index contributed by atoms with van der Waals surface area (Å²) in [5.74, 6) is -0.504. The Bertz CT molecular complexity index is 1390. The molecule has 1 atom stereocenters. The predicted octanol–water partition coefficient (Wildman–Crippen LogP) is 5.99. The van der Waals surface area contributed by atoms with Gasteiger partial charge in [-0.2, -0.15) is 5.26 Å². The normalized spacial score (nSPS) is 17.1. The number of thiophene rings is 1. The number of aromatic nitrogens is 1. The number of rotatable bonds is 4. The molecule has 2 aliphatic rings. The lowest BCUT2D eigenvalue weighted by Gasteiger charge is -2.35. The minimum Gasteiger partial charge on any atom is -0.452 e. The number of aryl methyl sites for hydroxylation is 2.